The van der Waals surface area contributed by atoms with Crippen molar-refractivity contribution in [2.45, 2.75) is 84.0 Å². The molecule has 0 heterocycles. The fourth-order valence-corrected chi connectivity index (χ4v) is 4.66. The molecule has 0 bridgehead atoms. The molecule has 124 valence electrons. The monoisotopic (exact) mass is 305 g/mol. The SMILES string of the molecule is CCCCC[C@H]1CC[C@H](C2CCC(C=C(F)C#N)CC2)CC1. The summed E-state index contributed by atoms with van der Waals surface area (Å²) in [7, 11) is 0. The van der Waals surface area contributed by atoms with Crippen LogP contribution in [0.15, 0.2) is 11.9 Å². The van der Waals surface area contributed by atoms with E-state index in [4.69, 9.17) is 5.26 Å². The summed E-state index contributed by atoms with van der Waals surface area (Å²) in [4.78, 5) is 0. The van der Waals surface area contributed by atoms with Crippen molar-refractivity contribution in [3.63, 3.8) is 0 Å². The first-order valence-electron chi connectivity index (χ1n) is 9.50. The van der Waals surface area contributed by atoms with Crippen molar-refractivity contribution < 1.29 is 4.39 Å². The van der Waals surface area contributed by atoms with Crippen molar-refractivity contribution in [2.75, 3.05) is 0 Å². The fraction of sp³-hybridized carbons (Fsp3) is 0.850. The summed E-state index contributed by atoms with van der Waals surface area (Å²) in [5.74, 6) is 2.50. The van der Waals surface area contributed by atoms with Gasteiger partial charge in [0.2, 0.25) is 0 Å². The Morgan fingerprint density at radius 1 is 1.00 bits per heavy atom. The molecule has 0 atom stereocenters. The van der Waals surface area contributed by atoms with Gasteiger partial charge < -0.3 is 0 Å². The summed E-state index contributed by atoms with van der Waals surface area (Å²) >= 11 is 0. The molecule has 0 spiro atoms. The van der Waals surface area contributed by atoms with E-state index >= 15 is 0 Å². The lowest BCUT2D eigenvalue weighted by atomic mass is 9.68. The van der Waals surface area contributed by atoms with Crippen LogP contribution in [0.5, 0.6) is 0 Å². The minimum absolute atomic E-state index is 0.307. The third kappa shape index (κ3) is 5.41. The number of hydrogen-bond acceptors (Lipinski definition) is 1. The molecule has 2 fully saturated rings. The topological polar surface area (TPSA) is 23.8 Å². The highest BCUT2D eigenvalue weighted by atomic mass is 19.1. The van der Waals surface area contributed by atoms with Gasteiger partial charge in [0.25, 0.3) is 0 Å². The average Bonchev–Trinajstić information content (AvgIpc) is 2.56. The highest BCUT2D eigenvalue weighted by molar-refractivity contribution is 5.13. The smallest absolute Gasteiger partial charge is 0.195 e. The van der Waals surface area contributed by atoms with Gasteiger partial charge in [0, 0.05) is 0 Å². The third-order valence-electron chi connectivity index (χ3n) is 6.08. The molecule has 0 aliphatic heterocycles. The molecule has 0 aromatic carbocycles. The maximum atomic E-state index is 13.0. The zero-order valence-corrected chi connectivity index (χ0v) is 14.2. The van der Waals surface area contributed by atoms with Crippen molar-refractivity contribution >= 4 is 0 Å². The largest absolute Gasteiger partial charge is 0.196 e. The second kappa shape index (κ2) is 9.33. The number of nitriles is 1. The predicted molar refractivity (Wildman–Crippen MR) is 89.8 cm³/mol. The molecular weight excluding hydrogens is 273 g/mol. The Morgan fingerprint density at radius 3 is 2.14 bits per heavy atom. The van der Waals surface area contributed by atoms with Gasteiger partial charge in [-0.2, -0.15) is 9.65 Å². The molecule has 0 radical (unpaired) electrons. The minimum Gasteiger partial charge on any atom is -0.195 e. The lowest BCUT2D eigenvalue weighted by molar-refractivity contribution is 0.151. The second-order valence-corrected chi connectivity index (χ2v) is 7.58. The molecule has 0 saturated heterocycles. The summed E-state index contributed by atoms with van der Waals surface area (Å²) in [6.07, 6.45) is 17.5. The molecule has 2 saturated carbocycles. The molecule has 22 heavy (non-hydrogen) atoms. The van der Waals surface area contributed by atoms with Crippen LogP contribution in [0.3, 0.4) is 0 Å². The lowest BCUT2D eigenvalue weighted by Gasteiger charge is -2.37. The van der Waals surface area contributed by atoms with E-state index in [9.17, 15) is 4.39 Å². The maximum absolute atomic E-state index is 13.0. The zero-order chi connectivity index (χ0) is 15.8. The van der Waals surface area contributed by atoms with E-state index in [0.717, 1.165) is 30.6 Å². The summed E-state index contributed by atoms with van der Waals surface area (Å²) in [6.45, 7) is 2.28. The van der Waals surface area contributed by atoms with Crippen molar-refractivity contribution in [1.82, 2.24) is 0 Å². The van der Waals surface area contributed by atoms with Gasteiger partial charge in [-0.25, -0.2) is 0 Å². The lowest BCUT2D eigenvalue weighted by Crippen LogP contribution is -2.25. The van der Waals surface area contributed by atoms with Gasteiger partial charge in [0.1, 0.15) is 6.07 Å². The molecule has 0 amide bonds. The highest BCUT2D eigenvalue weighted by Crippen LogP contribution is 2.42. The zero-order valence-electron chi connectivity index (χ0n) is 14.2. The van der Waals surface area contributed by atoms with Gasteiger partial charge >= 0.3 is 0 Å². The van der Waals surface area contributed by atoms with E-state index in [1.165, 1.54) is 64.2 Å². The first-order chi connectivity index (χ1) is 10.7. The van der Waals surface area contributed by atoms with Crippen LogP contribution in [0.1, 0.15) is 84.0 Å². The van der Waals surface area contributed by atoms with Crippen LogP contribution < -0.4 is 0 Å². The van der Waals surface area contributed by atoms with Gasteiger partial charge in [0.15, 0.2) is 5.83 Å². The Bertz CT molecular complexity index is 379. The van der Waals surface area contributed by atoms with E-state index < -0.39 is 5.83 Å². The number of hydrogen-bond donors (Lipinski definition) is 0. The van der Waals surface area contributed by atoms with Crippen LogP contribution in [-0.2, 0) is 0 Å². The van der Waals surface area contributed by atoms with Crippen molar-refractivity contribution in [3.8, 4) is 6.07 Å². The highest BCUT2D eigenvalue weighted by Gasteiger charge is 2.30. The van der Waals surface area contributed by atoms with E-state index in [1.54, 1.807) is 12.1 Å². The fourth-order valence-electron chi connectivity index (χ4n) is 4.66. The molecule has 2 aliphatic carbocycles. The first-order valence-corrected chi connectivity index (χ1v) is 9.50. The molecule has 0 N–H and O–H groups in total. The Kier molecular flexibility index (Phi) is 7.43. The Morgan fingerprint density at radius 2 is 1.59 bits per heavy atom. The molecular formula is C20H32FN. The number of halogens is 1. The van der Waals surface area contributed by atoms with Crippen molar-refractivity contribution in [2.24, 2.45) is 23.7 Å². The van der Waals surface area contributed by atoms with E-state index in [-0.39, 0.29) is 0 Å². The van der Waals surface area contributed by atoms with Crippen LogP contribution in [-0.4, -0.2) is 0 Å². The number of rotatable bonds is 6. The molecule has 1 nitrogen and oxygen atoms in total. The molecule has 2 heteroatoms. The van der Waals surface area contributed by atoms with Crippen LogP contribution in [0, 0.1) is 35.0 Å². The van der Waals surface area contributed by atoms with Crippen LogP contribution in [0.2, 0.25) is 0 Å². The van der Waals surface area contributed by atoms with Crippen LogP contribution in [0.25, 0.3) is 0 Å². The number of nitrogens with zero attached hydrogens (tertiary/aromatic N) is 1. The molecule has 2 rings (SSSR count). The van der Waals surface area contributed by atoms with Gasteiger partial charge in [0.05, 0.1) is 0 Å². The van der Waals surface area contributed by atoms with Crippen molar-refractivity contribution in [1.29, 1.82) is 5.26 Å². The van der Waals surface area contributed by atoms with Crippen LogP contribution >= 0.6 is 0 Å². The third-order valence-corrected chi connectivity index (χ3v) is 6.08. The molecule has 0 aromatic rings. The number of unbranched alkanes of at least 4 members (excludes halogenated alkanes) is 2. The Balaban J connectivity index is 1.67. The van der Waals surface area contributed by atoms with Gasteiger partial charge in [-0.05, 0) is 68.3 Å². The van der Waals surface area contributed by atoms with E-state index in [0.29, 0.717) is 5.92 Å². The molecule has 2 aliphatic rings. The van der Waals surface area contributed by atoms with Gasteiger partial charge in [-0.3, -0.25) is 0 Å². The van der Waals surface area contributed by atoms with Crippen LogP contribution in [0.4, 0.5) is 4.39 Å². The average molecular weight is 305 g/mol. The maximum Gasteiger partial charge on any atom is 0.196 e. The molecule has 0 aromatic heterocycles. The van der Waals surface area contributed by atoms with Gasteiger partial charge in [-0.1, -0.05) is 45.4 Å². The van der Waals surface area contributed by atoms with Crippen molar-refractivity contribution in [3.05, 3.63) is 11.9 Å². The second-order valence-electron chi connectivity index (χ2n) is 7.58. The first kappa shape index (κ1) is 17.5. The molecule has 0 unspecified atom stereocenters. The Labute approximate surface area is 136 Å². The quantitative estimate of drug-likeness (QED) is 0.403. The predicted octanol–water partition coefficient (Wildman–Crippen LogP) is 6.56. The normalized spacial score (nSPS) is 33.4. The summed E-state index contributed by atoms with van der Waals surface area (Å²) in [6, 6.07) is 1.61. The standard InChI is InChI=1S/C20H32FN/c1-2-3-4-5-16-6-10-18(11-7-16)19-12-8-17(9-13-19)14-20(21)15-22/h14,16-19H,2-13H2,1H3/t16-,17?,18-,19?. The summed E-state index contributed by atoms with van der Waals surface area (Å²) in [5.41, 5.74) is 0. The van der Waals surface area contributed by atoms with E-state index in [1.807, 2.05) is 0 Å². The van der Waals surface area contributed by atoms with E-state index in [2.05, 4.69) is 6.92 Å². The number of allylic oxidation sites excluding steroid dienone is 2. The Hall–Kier alpha value is -0.840. The summed E-state index contributed by atoms with van der Waals surface area (Å²) in [5, 5.41) is 8.53. The summed E-state index contributed by atoms with van der Waals surface area (Å²) < 4.78 is 13.0. The minimum atomic E-state index is -0.587. The van der Waals surface area contributed by atoms with Gasteiger partial charge in [-0.15, -0.1) is 0 Å².